The van der Waals surface area contributed by atoms with Gasteiger partial charge in [0.2, 0.25) is 0 Å². The number of nitrogens with two attached hydrogens (primary N) is 1. The van der Waals surface area contributed by atoms with Gasteiger partial charge in [-0.05, 0) is 25.3 Å². The summed E-state index contributed by atoms with van der Waals surface area (Å²) in [5, 5.41) is 0. The van der Waals surface area contributed by atoms with E-state index in [1.165, 1.54) is 96.3 Å². The third-order valence-electron chi connectivity index (χ3n) is 4.72. The van der Waals surface area contributed by atoms with Gasteiger partial charge in [-0.3, -0.25) is 0 Å². The van der Waals surface area contributed by atoms with Crippen LogP contribution in [0.15, 0.2) is 0 Å². The molecule has 2 nitrogen and oxygen atoms in total. The molecule has 0 radical (unpaired) electrons. The van der Waals surface area contributed by atoms with Gasteiger partial charge in [0, 0.05) is 5.88 Å². The van der Waals surface area contributed by atoms with E-state index in [1.54, 1.807) is 0 Å². The molecule has 0 amide bonds. The fourth-order valence-corrected chi connectivity index (χ4v) is 3.17. The lowest BCUT2D eigenvalue weighted by Crippen LogP contribution is -1.97. The smallest absolute Gasteiger partial charge is 0.0223 e. The third kappa shape index (κ3) is 45.5. The van der Waals surface area contributed by atoms with Crippen molar-refractivity contribution in [1.29, 1.82) is 0 Å². The van der Waals surface area contributed by atoms with Crippen LogP contribution in [0.3, 0.4) is 0 Å². The van der Waals surface area contributed by atoms with Gasteiger partial charge in [-0.2, -0.15) is 0 Å². The Balaban J connectivity index is -0.000000152. The standard InChI is InChI=1S/C18H38.C5H12ClN.2ClH.H3N/c1-4-5-6-7-8-9-10-11-12-13-14-15-16-17-18(2)3;6-4-2-1-3-5-7;;;/h18H,4-17H2,1-3H3;1-5,7H2;2*1H;1H3. The van der Waals surface area contributed by atoms with E-state index in [4.69, 9.17) is 17.3 Å². The number of alkyl halides is 1. The number of hydrogen-bond donors (Lipinski definition) is 2. The van der Waals surface area contributed by atoms with Crippen molar-refractivity contribution in [3.8, 4) is 0 Å². The molecule has 0 aromatic heterocycles. The number of halogens is 3. The van der Waals surface area contributed by atoms with Gasteiger partial charge in [0.25, 0.3) is 0 Å². The first-order valence-corrected chi connectivity index (χ1v) is 12.0. The van der Waals surface area contributed by atoms with E-state index < -0.39 is 0 Å². The maximum atomic E-state index is 5.40. The maximum absolute atomic E-state index is 5.40. The van der Waals surface area contributed by atoms with E-state index in [2.05, 4.69) is 20.8 Å². The van der Waals surface area contributed by atoms with Crippen LogP contribution in [0.25, 0.3) is 0 Å². The van der Waals surface area contributed by atoms with Crippen molar-refractivity contribution >= 4 is 36.4 Å². The second-order valence-electron chi connectivity index (χ2n) is 7.96. The first-order chi connectivity index (χ1) is 12.2. The Kier molecular flexibility index (Phi) is 53.9. The number of rotatable bonds is 18. The third-order valence-corrected chi connectivity index (χ3v) is 4.99. The highest BCUT2D eigenvalue weighted by molar-refractivity contribution is 6.17. The van der Waals surface area contributed by atoms with Crippen molar-refractivity contribution in [3.63, 3.8) is 0 Å². The monoisotopic (exact) mass is 464 g/mol. The fraction of sp³-hybridized carbons (Fsp3) is 1.00. The van der Waals surface area contributed by atoms with E-state index in [9.17, 15) is 0 Å². The molecule has 0 saturated heterocycles. The van der Waals surface area contributed by atoms with E-state index in [0.29, 0.717) is 0 Å². The van der Waals surface area contributed by atoms with E-state index >= 15 is 0 Å². The Morgan fingerprint density at radius 2 is 0.964 bits per heavy atom. The van der Waals surface area contributed by atoms with Crippen molar-refractivity contribution in [1.82, 2.24) is 6.15 Å². The summed E-state index contributed by atoms with van der Waals surface area (Å²) in [6.07, 6.45) is 23.9. The quantitative estimate of drug-likeness (QED) is 0.156. The summed E-state index contributed by atoms with van der Waals surface area (Å²) >= 11 is 5.40. The molecule has 178 valence electrons. The minimum Gasteiger partial charge on any atom is -0.344 e. The lowest BCUT2D eigenvalue weighted by Gasteiger charge is -2.04. The van der Waals surface area contributed by atoms with Gasteiger partial charge in [-0.25, -0.2) is 0 Å². The molecule has 0 bridgehead atoms. The molecular weight excluding hydrogens is 411 g/mol. The van der Waals surface area contributed by atoms with Crippen molar-refractivity contribution in [2.45, 2.75) is 130 Å². The van der Waals surface area contributed by atoms with Gasteiger partial charge >= 0.3 is 0 Å². The summed E-state index contributed by atoms with van der Waals surface area (Å²) in [5.74, 6) is 1.68. The molecule has 0 saturated carbocycles. The average Bonchev–Trinajstić information content (AvgIpc) is 2.60. The molecule has 0 aromatic rings. The highest BCUT2D eigenvalue weighted by Gasteiger charge is 1.95. The zero-order chi connectivity index (χ0) is 19.0. The van der Waals surface area contributed by atoms with Crippen molar-refractivity contribution in [3.05, 3.63) is 0 Å². The zero-order valence-corrected chi connectivity index (χ0v) is 21.9. The SMILES string of the molecule is CCCCCCCCCCCCCCCC(C)C.Cl.Cl.N.NCCCCCCl. The summed E-state index contributed by atoms with van der Waals surface area (Å²) in [6, 6.07) is 0. The zero-order valence-electron chi connectivity index (χ0n) is 19.5. The topological polar surface area (TPSA) is 61.0 Å². The molecule has 0 heterocycles. The predicted molar refractivity (Wildman–Crippen MR) is 138 cm³/mol. The fourth-order valence-electron chi connectivity index (χ4n) is 2.99. The summed E-state index contributed by atoms with van der Waals surface area (Å²) in [4.78, 5) is 0. The summed E-state index contributed by atoms with van der Waals surface area (Å²) in [7, 11) is 0. The van der Waals surface area contributed by atoms with Gasteiger partial charge in [0.15, 0.2) is 0 Å². The molecule has 0 aromatic carbocycles. The van der Waals surface area contributed by atoms with Crippen LogP contribution in [0.5, 0.6) is 0 Å². The molecule has 28 heavy (non-hydrogen) atoms. The minimum absolute atomic E-state index is 0. The van der Waals surface area contributed by atoms with Crippen molar-refractivity contribution in [2.24, 2.45) is 11.7 Å². The Bertz CT molecular complexity index is 214. The summed E-state index contributed by atoms with van der Waals surface area (Å²) in [6.45, 7) is 7.76. The highest BCUT2D eigenvalue weighted by Crippen LogP contribution is 2.14. The lowest BCUT2D eigenvalue weighted by atomic mass is 10.0. The average molecular weight is 466 g/mol. The molecule has 0 aliphatic heterocycles. The van der Waals surface area contributed by atoms with Crippen LogP contribution in [0.2, 0.25) is 0 Å². The summed E-state index contributed by atoms with van der Waals surface area (Å²) < 4.78 is 0. The molecule has 0 aliphatic rings. The van der Waals surface area contributed by atoms with Crippen LogP contribution in [0, 0.1) is 5.92 Å². The lowest BCUT2D eigenvalue weighted by molar-refractivity contribution is 0.503. The molecule has 0 unspecified atom stereocenters. The van der Waals surface area contributed by atoms with Crippen LogP contribution in [0.1, 0.15) is 130 Å². The first-order valence-electron chi connectivity index (χ1n) is 11.4. The normalized spacial score (nSPS) is 9.64. The molecule has 0 fully saturated rings. The van der Waals surface area contributed by atoms with Crippen LogP contribution in [-0.4, -0.2) is 12.4 Å². The number of hydrogen-bond acceptors (Lipinski definition) is 2. The molecule has 0 spiro atoms. The predicted octanol–water partition coefficient (Wildman–Crippen LogP) is 9.48. The maximum Gasteiger partial charge on any atom is 0.0223 e. The van der Waals surface area contributed by atoms with Crippen LogP contribution < -0.4 is 11.9 Å². The van der Waals surface area contributed by atoms with E-state index in [1.807, 2.05) is 0 Å². The Labute approximate surface area is 196 Å². The Hall–Kier alpha value is 0.790. The van der Waals surface area contributed by atoms with Gasteiger partial charge in [-0.15, -0.1) is 36.4 Å². The van der Waals surface area contributed by atoms with Crippen molar-refractivity contribution in [2.75, 3.05) is 12.4 Å². The second kappa shape index (κ2) is 38.4. The molecular formula is C23H55Cl3N2. The largest absolute Gasteiger partial charge is 0.344 e. The van der Waals surface area contributed by atoms with Gasteiger partial charge in [0.05, 0.1) is 0 Å². The molecule has 0 aliphatic carbocycles. The molecule has 5 heteroatoms. The molecule has 0 rings (SSSR count). The van der Waals surface area contributed by atoms with Crippen molar-refractivity contribution < 1.29 is 0 Å². The summed E-state index contributed by atoms with van der Waals surface area (Å²) in [5.41, 5.74) is 5.23. The van der Waals surface area contributed by atoms with Gasteiger partial charge in [0.1, 0.15) is 0 Å². The Morgan fingerprint density at radius 3 is 1.29 bits per heavy atom. The van der Waals surface area contributed by atoms with E-state index in [-0.39, 0.29) is 31.0 Å². The van der Waals surface area contributed by atoms with Crippen LogP contribution in [0.4, 0.5) is 0 Å². The van der Waals surface area contributed by atoms with Gasteiger partial charge in [-0.1, -0.05) is 117 Å². The molecule has 0 atom stereocenters. The van der Waals surface area contributed by atoms with E-state index in [0.717, 1.165) is 31.2 Å². The molecule has 5 N–H and O–H groups in total. The number of unbranched alkanes of at least 4 members (excludes halogenated alkanes) is 14. The minimum atomic E-state index is 0. The second-order valence-corrected chi connectivity index (χ2v) is 8.34. The van der Waals surface area contributed by atoms with Crippen LogP contribution in [-0.2, 0) is 0 Å². The van der Waals surface area contributed by atoms with Gasteiger partial charge < -0.3 is 11.9 Å². The first kappa shape index (κ1) is 39.3. The van der Waals surface area contributed by atoms with Crippen LogP contribution >= 0.6 is 36.4 Å². The highest BCUT2D eigenvalue weighted by atomic mass is 35.5. The Morgan fingerprint density at radius 1 is 0.607 bits per heavy atom.